The van der Waals surface area contributed by atoms with Crippen molar-refractivity contribution in [3.05, 3.63) is 134 Å². The number of rotatable bonds is 73. The number of allylic oxidation sites excluding steroid dienone is 22. The second-order valence-corrected chi connectivity index (χ2v) is 28.8. The predicted molar refractivity (Wildman–Crippen MR) is 418 cm³/mol. The van der Waals surface area contributed by atoms with Crippen LogP contribution in [0.5, 0.6) is 0 Å². The minimum absolute atomic E-state index is 0.0309. The maximum atomic E-state index is 13.1. The van der Waals surface area contributed by atoms with Crippen LogP contribution in [0.4, 0.5) is 0 Å². The summed E-state index contributed by atoms with van der Waals surface area (Å²) in [7, 11) is -9.98. The van der Waals surface area contributed by atoms with Crippen LogP contribution in [0.2, 0.25) is 0 Å². The molecule has 17 nitrogen and oxygen atoms in total. The van der Waals surface area contributed by atoms with Crippen LogP contribution in [0.25, 0.3) is 0 Å². The van der Waals surface area contributed by atoms with E-state index in [2.05, 4.69) is 143 Å². The first-order chi connectivity index (χ1) is 49.7. The molecular formula is C83H140O17P2. The lowest BCUT2D eigenvalue weighted by atomic mass is 10.1. The fraction of sp³-hybridized carbons (Fsp3) is 0.687. The van der Waals surface area contributed by atoms with Crippen molar-refractivity contribution in [3.8, 4) is 0 Å². The lowest BCUT2D eigenvalue weighted by molar-refractivity contribution is -0.161. The smallest absolute Gasteiger partial charge is 0.462 e. The zero-order valence-corrected chi connectivity index (χ0v) is 65.5. The van der Waals surface area contributed by atoms with Gasteiger partial charge in [-0.05, 0) is 128 Å². The molecule has 0 rings (SSSR count). The summed E-state index contributed by atoms with van der Waals surface area (Å²) in [4.78, 5) is 72.9. The van der Waals surface area contributed by atoms with E-state index in [-0.39, 0.29) is 25.7 Å². The van der Waals surface area contributed by atoms with E-state index in [9.17, 15) is 43.2 Å². The van der Waals surface area contributed by atoms with E-state index >= 15 is 0 Å². The Labute approximate surface area is 618 Å². The highest BCUT2D eigenvalue weighted by Gasteiger charge is 2.30. The largest absolute Gasteiger partial charge is 0.472 e. The number of phosphoric ester groups is 2. The predicted octanol–water partition coefficient (Wildman–Crippen LogP) is 22.9. The molecule has 5 unspecified atom stereocenters. The zero-order valence-electron chi connectivity index (χ0n) is 63.7. The van der Waals surface area contributed by atoms with E-state index < -0.39 is 97.5 Å². The van der Waals surface area contributed by atoms with Crippen LogP contribution < -0.4 is 0 Å². The number of carbonyl (C=O) groups is 4. The van der Waals surface area contributed by atoms with Gasteiger partial charge in [0.15, 0.2) is 12.2 Å². The van der Waals surface area contributed by atoms with Crippen molar-refractivity contribution >= 4 is 39.5 Å². The van der Waals surface area contributed by atoms with Gasteiger partial charge in [-0.15, -0.1) is 0 Å². The highest BCUT2D eigenvalue weighted by atomic mass is 31.2. The van der Waals surface area contributed by atoms with Gasteiger partial charge in [-0.1, -0.05) is 290 Å². The van der Waals surface area contributed by atoms with Gasteiger partial charge in [0.25, 0.3) is 0 Å². The second-order valence-electron chi connectivity index (χ2n) is 25.9. The molecular weight excluding hydrogens is 1330 g/mol. The number of phosphoric acid groups is 2. The van der Waals surface area contributed by atoms with Gasteiger partial charge in [0.05, 0.1) is 26.4 Å². The Morgan fingerprint density at radius 2 is 0.529 bits per heavy atom. The summed E-state index contributed by atoms with van der Waals surface area (Å²) in [6.07, 6.45) is 83.1. The Bertz CT molecular complexity index is 2460. The summed E-state index contributed by atoms with van der Waals surface area (Å²) >= 11 is 0. The van der Waals surface area contributed by atoms with Gasteiger partial charge in [0.2, 0.25) is 0 Å². The summed E-state index contributed by atoms with van der Waals surface area (Å²) < 4.78 is 68.4. The van der Waals surface area contributed by atoms with Crippen molar-refractivity contribution in [2.45, 2.75) is 329 Å². The molecule has 0 fully saturated rings. The lowest BCUT2D eigenvalue weighted by Gasteiger charge is -2.21. The molecule has 0 spiro atoms. The van der Waals surface area contributed by atoms with Gasteiger partial charge in [0.1, 0.15) is 19.3 Å². The average Bonchev–Trinajstić information content (AvgIpc) is 0.921. The summed E-state index contributed by atoms with van der Waals surface area (Å²) in [6, 6.07) is 0. The summed E-state index contributed by atoms with van der Waals surface area (Å²) in [5.74, 6) is -2.29. The number of unbranched alkanes of at least 4 members (excludes halogenated alkanes) is 25. The fourth-order valence-electron chi connectivity index (χ4n) is 10.2. The minimum atomic E-state index is -5.00. The molecule has 0 amide bonds. The molecule has 584 valence electrons. The topological polar surface area (TPSA) is 237 Å². The molecule has 0 aromatic heterocycles. The Morgan fingerprint density at radius 3 is 0.863 bits per heavy atom. The summed E-state index contributed by atoms with van der Waals surface area (Å²) in [5, 5.41) is 10.6. The average molecular weight is 1470 g/mol. The molecule has 0 heterocycles. The fourth-order valence-corrected chi connectivity index (χ4v) is 11.8. The SMILES string of the molecule is CC/C=C\C/C=C\C/C=C\C/C=C\C/C=C\C/C=C\CCC(=O)OCC(COP(=O)(O)OCC(O)COP(=O)(O)OCC(COC(=O)CCCCCCC/C=C\C/C=C\CCCCC)OC(=O)CCCCCCCCCCCCC)OC(=O)CCCCCCCCC/C=C\C/C=C\C/C=C\CC. The van der Waals surface area contributed by atoms with E-state index in [1.54, 1.807) is 0 Å². The molecule has 3 N–H and O–H groups in total. The van der Waals surface area contributed by atoms with Crippen molar-refractivity contribution in [2.24, 2.45) is 0 Å². The lowest BCUT2D eigenvalue weighted by Crippen LogP contribution is -2.30. The third-order valence-electron chi connectivity index (χ3n) is 16.1. The Morgan fingerprint density at radius 1 is 0.284 bits per heavy atom. The van der Waals surface area contributed by atoms with Gasteiger partial charge >= 0.3 is 39.5 Å². The molecule has 19 heteroatoms. The maximum Gasteiger partial charge on any atom is 0.472 e. The number of hydrogen-bond acceptors (Lipinski definition) is 15. The number of esters is 4. The first kappa shape index (κ1) is 97.2. The molecule has 102 heavy (non-hydrogen) atoms. The van der Waals surface area contributed by atoms with E-state index in [1.807, 2.05) is 18.2 Å². The normalized spacial score (nSPS) is 14.6. The van der Waals surface area contributed by atoms with E-state index in [0.717, 1.165) is 167 Å². The molecule has 0 bridgehead atoms. The molecule has 0 aromatic rings. The zero-order chi connectivity index (χ0) is 74.6. The summed E-state index contributed by atoms with van der Waals surface area (Å²) in [5.41, 5.74) is 0. The molecule has 0 saturated heterocycles. The quantitative estimate of drug-likeness (QED) is 0.0169. The third-order valence-corrected chi connectivity index (χ3v) is 18.0. The van der Waals surface area contributed by atoms with Crippen molar-refractivity contribution < 1.29 is 80.2 Å². The van der Waals surface area contributed by atoms with Crippen LogP contribution in [0.3, 0.4) is 0 Å². The van der Waals surface area contributed by atoms with Gasteiger partial charge in [-0.2, -0.15) is 0 Å². The van der Waals surface area contributed by atoms with Crippen LogP contribution in [-0.4, -0.2) is 96.7 Å². The number of aliphatic hydroxyl groups excluding tert-OH is 1. The Hall–Kier alpha value is -4.80. The molecule has 0 saturated carbocycles. The number of carbonyl (C=O) groups excluding carboxylic acids is 4. The standard InChI is InChI=1S/C83H140O17P2/c1-5-9-13-17-21-25-29-32-35-37-38-40-42-45-49-52-56-60-64-68-81(86)94-74-79(100-83(88)70-66-62-58-54-50-46-43-39-36-33-30-26-22-18-14-10-6-2)76-98-102(91,92)96-72-77(84)71-95-101(89,90)97-75-78(99-82(87)69-65-61-57-53-47-28-24-20-16-12-8-4)73-93-80(85)67-63-59-55-51-48-44-41-34-31-27-23-19-15-11-7-3/h9-10,13-14,21-23,25-27,32-36,38,40-41,45,49,56,60,77-79,84H,5-8,11-12,15-20,24,28-31,37,39,42-44,46-48,50-55,57-59,61-76H2,1-4H3,(H,89,90)(H,91,92)/b13-9-,14-10-,25-21-,26-22-,27-23-,35-32-,36-33-,40-38-,41-34-,49-45-,60-56-. The van der Waals surface area contributed by atoms with Crippen molar-refractivity contribution in [3.63, 3.8) is 0 Å². The van der Waals surface area contributed by atoms with Crippen molar-refractivity contribution in [2.75, 3.05) is 39.6 Å². The molecule has 0 aliphatic rings. The molecule has 5 atom stereocenters. The van der Waals surface area contributed by atoms with Gasteiger partial charge < -0.3 is 33.8 Å². The highest BCUT2D eigenvalue weighted by Crippen LogP contribution is 2.45. The number of aliphatic hydroxyl groups is 1. The van der Waals surface area contributed by atoms with E-state index in [1.165, 1.54) is 57.8 Å². The monoisotopic (exact) mass is 1470 g/mol. The third kappa shape index (κ3) is 73.5. The van der Waals surface area contributed by atoms with Crippen LogP contribution in [-0.2, 0) is 65.4 Å². The summed E-state index contributed by atoms with van der Waals surface area (Å²) in [6.45, 7) is 4.51. The highest BCUT2D eigenvalue weighted by molar-refractivity contribution is 7.47. The molecule has 0 radical (unpaired) electrons. The number of ether oxygens (including phenoxy) is 4. The van der Waals surface area contributed by atoms with Crippen molar-refractivity contribution in [1.29, 1.82) is 0 Å². The minimum Gasteiger partial charge on any atom is -0.462 e. The van der Waals surface area contributed by atoms with Gasteiger partial charge in [-0.3, -0.25) is 37.3 Å². The van der Waals surface area contributed by atoms with Gasteiger partial charge in [-0.25, -0.2) is 9.13 Å². The molecule has 0 aromatic carbocycles. The molecule has 0 aliphatic carbocycles. The second kappa shape index (κ2) is 74.5. The van der Waals surface area contributed by atoms with E-state index in [4.69, 9.17) is 37.0 Å². The number of hydrogen-bond donors (Lipinski definition) is 3. The first-order valence-corrected chi connectivity index (χ1v) is 42.4. The van der Waals surface area contributed by atoms with Crippen LogP contribution in [0, 0.1) is 0 Å². The first-order valence-electron chi connectivity index (χ1n) is 39.4. The van der Waals surface area contributed by atoms with Gasteiger partial charge in [0, 0.05) is 25.7 Å². The van der Waals surface area contributed by atoms with Crippen LogP contribution >= 0.6 is 15.6 Å². The van der Waals surface area contributed by atoms with Crippen molar-refractivity contribution in [1.82, 2.24) is 0 Å². The Kier molecular flexibility index (Phi) is 71.0. The van der Waals surface area contributed by atoms with Crippen LogP contribution in [0.1, 0.15) is 310 Å². The van der Waals surface area contributed by atoms with Crippen LogP contribution in [0.15, 0.2) is 134 Å². The maximum absolute atomic E-state index is 13.1. The Balaban J connectivity index is 5.42. The van der Waals surface area contributed by atoms with E-state index in [0.29, 0.717) is 32.1 Å². The molecule has 0 aliphatic heterocycles.